The molecule has 0 radical (unpaired) electrons. The number of thiocarbonyl (C=S) groups is 1. The first-order valence-corrected chi connectivity index (χ1v) is 7.80. The van der Waals surface area contributed by atoms with Gasteiger partial charge in [-0.15, -0.1) is 0 Å². The van der Waals surface area contributed by atoms with Gasteiger partial charge >= 0.3 is 0 Å². The van der Waals surface area contributed by atoms with Gasteiger partial charge in [-0.2, -0.15) is 0 Å². The lowest BCUT2D eigenvalue weighted by molar-refractivity contribution is -0.122. The lowest BCUT2D eigenvalue weighted by Gasteiger charge is -2.25. The summed E-state index contributed by atoms with van der Waals surface area (Å²) in [5.41, 5.74) is 7.32. The lowest BCUT2D eigenvalue weighted by Crippen LogP contribution is -2.37. The molecule has 1 aromatic carbocycles. The quantitative estimate of drug-likeness (QED) is 0.848. The summed E-state index contributed by atoms with van der Waals surface area (Å²) < 4.78 is 0. The molecule has 0 fully saturated rings. The van der Waals surface area contributed by atoms with E-state index in [1.807, 2.05) is 43.0 Å². The standard InChI is InChI=1S/C17H24N2OS/c1-16(2,14(18)21)10-7-11-19-13-9-6-5-8-12(13)17(3,4)15(19)20/h5-6,8-9H,7,10-11H2,1-4H3,(H2,18,21). The molecule has 0 unspecified atom stereocenters. The van der Waals surface area contributed by atoms with E-state index in [0.29, 0.717) is 11.5 Å². The molecule has 1 aromatic rings. The Labute approximate surface area is 132 Å². The zero-order valence-corrected chi connectivity index (χ0v) is 14.1. The molecule has 114 valence electrons. The monoisotopic (exact) mass is 304 g/mol. The van der Waals surface area contributed by atoms with Crippen molar-refractivity contribution in [1.29, 1.82) is 0 Å². The number of hydrogen-bond donors (Lipinski definition) is 1. The van der Waals surface area contributed by atoms with Gasteiger partial charge < -0.3 is 10.6 Å². The third-order valence-electron chi connectivity index (χ3n) is 4.50. The summed E-state index contributed by atoms with van der Waals surface area (Å²) in [7, 11) is 0. The van der Waals surface area contributed by atoms with E-state index in [2.05, 4.69) is 13.8 Å². The molecular weight excluding hydrogens is 280 g/mol. The SMILES string of the molecule is CC(C)(CCCN1C(=O)C(C)(C)c2ccccc21)C(N)=S. The minimum absolute atomic E-state index is 0.160. The maximum Gasteiger partial charge on any atom is 0.237 e. The van der Waals surface area contributed by atoms with Crippen molar-refractivity contribution in [2.24, 2.45) is 11.1 Å². The summed E-state index contributed by atoms with van der Waals surface area (Å²) >= 11 is 5.10. The van der Waals surface area contributed by atoms with Crippen molar-refractivity contribution in [3.8, 4) is 0 Å². The molecule has 2 rings (SSSR count). The second kappa shape index (κ2) is 5.41. The molecule has 21 heavy (non-hydrogen) atoms. The highest BCUT2D eigenvalue weighted by molar-refractivity contribution is 7.80. The van der Waals surface area contributed by atoms with Crippen LogP contribution in [0, 0.1) is 5.41 Å². The fourth-order valence-corrected chi connectivity index (χ4v) is 2.93. The van der Waals surface area contributed by atoms with Gasteiger partial charge in [-0.05, 0) is 38.3 Å². The molecule has 0 spiro atoms. The molecule has 1 aliphatic rings. The first kappa shape index (κ1) is 16.0. The van der Waals surface area contributed by atoms with Crippen LogP contribution in [0.25, 0.3) is 0 Å². The molecule has 0 aromatic heterocycles. The van der Waals surface area contributed by atoms with Gasteiger partial charge in [0.15, 0.2) is 0 Å². The molecule has 0 bridgehead atoms. The van der Waals surface area contributed by atoms with Gasteiger partial charge in [0.05, 0.1) is 10.4 Å². The highest BCUT2D eigenvalue weighted by atomic mass is 32.1. The van der Waals surface area contributed by atoms with Crippen LogP contribution < -0.4 is 10.6 Å². The van der Waals surface area contributed by atoms with Crippen molar-refractivity contribution in [3.05, 3.63) is 29.8 Å². The highest BCUT2D eigenvalue weighted by Gasteiger charge is 2.43. The average Bonchev–Trinajstić information content (AvgIpc) is 2.60. The second-order valence-corrected chi connectivity index (χ2v) is 7.39. The Morgan fingerprint density at radius 3 is 2.57 bits per heavy atom. The predicted molar refractivity (Wildman–Crippen MR) is 91.6 cm³/mol. The molecular formula is C17H24N2OS. The van der Waals surface area contributed by atoms with Gasteiger partial charge in [-0.25, -0.2) is 0 Å². The summed E-state index contributed by atoms with van der Waals surface area (Å²) in [6.07, 6.45) is 1.77. The Hall–Kier alpha value is -1.42. The van der Waals surface area contributed by atoms with Gasteiger partial charge in [0.25, 0.3) is 0 Å². The molecule has 0 saturated carbocycles. The highest BCUT2D eigenvalue weighted by Crippen LogP contribution is 2.41. The van der Waals surface area contributed by atoms with Crippen LogP contribution in [0.4, 0.5) is 5.69 Å². The van der Waals surface area contributed by atoms with E-state index >= 15 is 0 Å². The Morgan fingerprint density at radius 1 is 1.33 bits per heavy atom. The summed E-state index contributed by atoms with van der Waals surface area (Å²) in [5, 5.41) is 0. The summed E-state index contributed by atoms with van der Waals surface area (Å²) in [6, 6.07) is 8.06. The van der Waals surface area contributed by atoms with Crippen LogP contribution in [0.5, 0.6) is 0 Å². The number of amides is 1. The van der Waals surface area contributed by atoms with Gasteiger partial charge in [-0.1, -0.05) is 44.3 Å². The van der Waals surface area contributed by atoms with Crippen LogP contribution in [0.2, 0.25) is 0 Å². The number of rotatable bonds is 5. The largest absolute Gasteiger partial charge is 0.393 e. The van der Waals surface area contributed by atoms with E-state index in [1.54, 1.807) is 0 Å². The van der Waals surface area contributed by atoms with Gasteiger partial charge in [-0.3, -0.25) is 4.79 Å². The number of fused-ring (bicyclic) bond motifs is 1. The van der Waals surface area contributed by atoms with E-state index in [1.165, 1.54) is 0 Å². The van der Waals surface area contributed by atoms with Crippen molar-refractivity contribution in [2.45, 2.75) is 46.0 Å². The Bertz CT molecular complexity index is 578. The average molecular weight is 304 g/mol. The number of nitrogens with two attached hydrogens (primary N) is 1. The van der Waals surface area contributed by atoms with Crippen LogP contribution in [0.15, 0.2) is 24.3 Å². The van der Waals surface area contributed by atoms with E-state index < -0.39 is 5.41 Å². The van der Waals surface area contributed by atoms with Crippen molar-refractivity contribution in [3.63, 3.8) is 0 Å². The van der Waals surface area contributed by atoms with E-state index in [9.17, 15) is 4.79 Å². The molecule has 0 aliphatic carbocycles. The molecule has 1 heterocycles. The number of anilines is 1. The van der Waals surface area contributed by atoms with Gasteiger partial charge in [0.2, 0.25) is 5.91 Å². The number of carbonyl (C=O) groups is 1. The topological polar surface area (TPSA) is 46.3 Å². The third kappa shape index (κ3) is 2.82. The van der Waals surface area contributed by atoms with Crippen molar-refractivity contribution in [2.75, 3.05) is 11.4 Å². The minimum Gasteiger partial charge on any atom is -0.393 e. The number of nitrogens with zero attached hydrogens (tertiary/aromatic N) is 1. The van der Waals surface area contributed by atoms with E-state index in [0.717, 1.165) is 24.1 Å². The normalized spacial score (nSPS) is 17.0. The third-order valence-corrected chi connectivity index (χ3v) is 5.05. The number of benzene rings is 1. The lowest BCUT2D eigenvalue weighted by atomic mass is 9.86. The first-order valence-electron chi connectivity index (χ1n) is 7.39. The zero-order chi connectivity index (χ0) is 15.8. The molecule has 0 atom stereocenters. The maximum absolute atomic E-state index is 12.6. The Morgan fingerprint density at radius 2 is 1.95 bits per heavy atom. The van der Waals surface area contributed by atoms with Crippen molar-refractivity contribution < 1.29 is 4.79 Å². The maximum atomic E-state index is 12.6. The zero-order valence-electron chi connectivity index (χ0n) is 13.3. The fraction of sp³-hybridized carbons (Fsp3) is 0.529. The van der Waals surface area contributed by atoms with Crippen molar-refractivity contribution in [1.82, 2.24) is 0 Å². The first-order chi connectivity index (χ1) is 9.68. The molecule has 4 heteroatoms. The smallest absolute Gasteiger partial charge is 0.237 e. The van der Waals surface area contributed by atoms with Crippen molar-refractivity contribution >= 4 is 28.8 Å². The molecule has 1 amide bonds. The fourth-order valence-electron chi connectivity index (χ4n) is 2.82. The van der Waals surface area contributed by atoms with Crippen LogP contribution >= 0.6 is 12.2 Å². The summed E-state index contributed by atoms with van der Waals surface area (Å²) in [6.45, 7) is 8.81. The molecule has 1 aliphatic heterocycles. The van der Waals surface area contributed by atoms with Crippen LogP contribution in [-0.4, -0.2) is 17.4 Å². The van der Waals surface area contributed by atoms with Gasteiger partial charge in [0.1, 0.15) is 0 Å². The minimum atomic E-state index is -0.435. The van der Waals surface area contributed by atoms with E-state index in [4.69, 9.17) is 18.0 Å². The number of hydrogen-bond acceptors (Lipinski definition) is 2. The van der Waals surface area contributed by atoms with E-state index in [-0.39, 0.29) is 11.3 Å². The molecule has 2 N–H and O–H groups in total. The number of para-hydroxylation sites is 1. The van der Waals surface area contributed by atoms with Crippen LogP contribution in [0.1, 0.15) is 46.1 Å². The van der Waals surface area contributed by atoms with Gasteiger partial charge in [0, 0.05) is 17.6 Å². The Balaban J connectivity index is 2.12. The summed E-state index contributed by atoms with van der Waals surface area (Å²) in [4.78, 5) is 15.1. The van der Waals surface area contributed by atoms with Crippen LogP contribution in [-0.2, 0) is 10.2 Å². The predicted octanol–water partition coefficient (Wildman–Crippen LogP) is 3.40. The van der Waals surface area contributed by atoms with Crippen LogP contribution in [0.3, 0.4) is 0 Å². The number of carbonyl (C=O) groups excluding carboxylic acids is 1. The molecule has 0 saturated heterocycles. The Kier molecular flexibility index (Phi) is 4.11. The second-order valence-electron chi connectivity index (χ2n) is 6.95. The summed E-state index contributed by atoms with van der Waals surface area (Å²) in [5.74, 6) is 0.178. The molecule has 3 nitrogen and oxygen atoms in total.